The van der Waals surface area contributed by atoms with Crippen LogP contribution < -0.4 is 5.73 Å². The summed E-state index contributed by atoms with van der Waals surface area (Å²) in [6.45, 7) is 0. The maximum Gasteiger partial charge on any atom is 0.0461 e. The fourth-order valence-electron chi connectivity index (χ4n) is 3.22. The predicted molar refractivity (Wildman–Crippen MR) is 86.2 cm³/mol. The molecule has 2 heteroatoms. The summed E-state index contributed by atoms with van der Waals surface area (Å²) in [5.74, 6) is 0. The molecular weight excluding hydrogens is 262 g/mol. The fraction of sp³-hybridized carbons (Fsp3) is 0.222. The van der Waals surface area contributed by atoms with Gasteiger partial charge in [0.25, 0.3) is 0 Å². The van der Waals surface area contributed by atoms with Crippen LogP contribution in [0.1, 0.15) is 22.4 Å². The second-order valence-electron chi connectivity index (χ2n) is 5.76. The molecule has 0 radical (unpaired) electrons. The summed E-state index contributed by atoms with van der Waals surface area (Å²) in [7, 11) is 0. The van der Waals surface area contributed by atoms with Gasteiger partial charge >= 0.3 is 0 Å². The first kappa shape index (κ1) is 12.1. The van der Waals surface area contributed by atoms with E-state index in [0.29, 0.717) is 0 Å². The van der Waals surface area contributed by atoms with E-state index in [2.05, 4.69) is 53.9 Å². The lowest BCUT2D eigenvalue weighted by molar-refractivity contribution is 0.390. The van der Waals surface area contributed by atoms with Gasteiger partial charge in [0.1, 0.15) is 0 Å². The minimum Gasteiger partial charge on any atom is -0.321 e. The Kier molecular flexibility index (Phi) is 2.69. The summed E-state index contributed by atoms with van der Waals surface area (Å²) in [5.41, 5.74) is 9.32. The Morgan fingerprint density at radius 1 is 1.00 bits per heavy atom. The zero-order chi connectivity index (χ0) is 13.6. The molecule has 0 fully saturated rings. The SMILES string of the molecule is NC1(c2ccc3ccccc3c2)CCc2ccsc2C1. The third-order valence-corrected chi connectivity index (χ3v) is 5.44. The zero-order valence-corrected chi connectivity index (χ0v) is 12.1. The van der Waals surface area contributed by atoms with Crippen molar-refractivity contribution in [3.05, 3.63) is 69.9 Å². The van der Waals surface area contributed by atoms with E-state index in [1.54, 1.807) is 0 Å². The first-order chi connectivity index (χ1) is 9.74. The van der Waals surface area contributed by atoms with E-state index >= 15 is 0 Å². The molecule has 1 aliphatic carbocycles. The van der Waals surface area contributed by atoms with E-state index in [-0.39, 0.29) is 5.54 Å². The molecule has 0 saturated carbocycles. The van der Waals surface area contributed by atoms with Crippen molar-refractivity contribution in [3.8, 4) is 0 Å². The monoisotopic (exact) mass is 279 g/mol. The van der Waals surface area contributed by atoms with Gasteiger partial charge in [0.05, 0.1) is 0 Å². The number of hydrogen-bond acceptors (Lipinski definition) is 2. The molecule has 100 valence electrons. The van der Waals surface area contributed by atoms with Gasteiger partial charge in [-0.3, -0.25) is 0 Å². The molecule has 2 aromatic carbocycles. The first-order valence-corrected chi connectivity index (χ1v) is 7.96. The van der Waals surface area contributed by atoms with Crippen molar-refractivity contribution in [2.75, 3.05) is 0 Å². The normalized spacial score (nSPS) is 21.9. The van der Waals surface area contributed by atoms with Crippen molar-refractivity contribution < 1.29 is 0 Å². The lowest BCUT2D eigenvalue weighted by atomic mass is 9.77. The Morgan fingerprint density at radius 3 is 2.75 bits per heavy atom. The molecule has 4 rings (SSSR count). The molecule has 0 aliphatic heterocycles. The molecule has 0 amide bonds. The molecule has 1 aliphatic rings. The van der Waals surface area contributed by atoms with Crippen LogP contribution in [0.25, 0.3) is 10.8 Å². The molecule has 0 bridgehead atoms. The average Bonchev–Trinajstić information content (AvgIpc) is 2.94. The molecule has 1 unspecified atom stereocenters. The molecule has 0 spiro atoms. The Hall–Kier alpha value is -1.64. The lowest BCUT2D eigenvalue weighted by Gasteiger charge is -2.34. The van der Waals surface area contributed by atoms with Crippen LogP contribution in [-0.4, -0.2) is 0 Å². The summed E-state index contributed by atoms with van der Waals surface area (Å²) in [5, 5.41) is 4.76. The van der Waals surface area contributed by atoms with E-state index in [9.17, 15) is 0 Å². The van der Waals surface area contributed by atoms with Crippen molar-refractivity contribution in [2.45, 2.75) is 24.8 Å². The van der Waals surface area contributed by atoms with E-state index in [1.165, 1.54) is 26.8 Å². The van der Waals surface area contributed by atoms with Crippen LogP contribution in [0.3, 0.4) is 0 Å². The number of fused-ring (bicyclic) bond motifs is 2. The van der Waals surface area contributed by atoms with Crippen molar-refractivity contribution in [1.29, 1.82) is 0 Å². The van der Waals surface area contributed by atoms with Crippen LogP contribution in [0.15, 0.2) is 53.9 Å². The van der Waals surface area contributed by atoms with Crippen molar-refractivity contribution >= 4 is 22.1 Å². The van der Waals surface area contributed by atoms with Gasteiger partial charge in [-0.25, -0.2) is 0 Å². The molecule has 20 heavy (non-hydrogen) atoms. The Bertz CT molecular complexity index is 774. The summed E-state index contributed by atoms with van der Waals surface area (Å²) >= 11 is 1.85. The molecule has 1 heterocycles. The third-order valence-electron chi connectivity index (χ3n) is 4.48. The van der Waals surface area contributed by atoms with Gasteiger partial charge in [0.15, 0.2) is 0 Å². The van der Waals surface area contributed by atoms with Crippen LogP contribution in [0, 0.1) is 0 Å². The maximum absolute atomic E-state index is 6.75. The number of benzene rings is 2. The summed E-state index contributed by atoms with van der Waals surface area (Å²) in [6.07, 6.45) is 3.11. The quantitative estimate of drug-likeness (QED) is 0.708. The summed E-state index contributed by atoms with van der Waals surface area (Å²) < 4.78 is 0. The Labute approximate surface area is 123 Å². The van der Waals surface area contributed by atoms with Crippen LogP contribution in [0.2, 0.25) is 0 Å². The van der Waals surface area contributed by atoms with Crippen molar-refractivity contribution in [2.24, 2.45) is 5.73 Å². The van der Waals surface area contributed by atoms with E-state index in [1.807, 2.05) is 11.3 Å². The van der Waals surface area contributed by atoms with Gasteiger partial charge in [0, 0.05) is 16.8 Å². The van der Waals surface area contributed by atoms with Crippen LogP contribution in [0.5, 0.6) is 0 Å². The standard InChI is InChI=1S/C18H17NS/c19-18(9-7-14-8-10-20-17(14)12-18)16-6-5-13-3-1-2-4-15(13)11-16/h1-6,8,10-11H,7,9,12,19H2. The molecule has 1 nitrogen and oxygen atoms in total. The van der Waals surface area contributed by atoms with Gasteiger partial charge < -0.3 is 5.73 Å². The second-order valence-corrected chi connectivity index (χ2v) is 6.76. The lowest BCUT2D eigenvalue weighted by Crippen LogP contribution is -2.41. The maximum atomic E-state index is 6.75. The largest absolute Gasteiger partial charge is 0.321 e. The topological polar surface area (TPSA) is 26.0 Å². The third kappa shape index (κ3) is 1.88. The number of nitrogens with two attached hydrogens (primary N) is 1. The minimum absolute atomic E-state index is 0.206. The molecule has 3 aromatic rings. The van der Waals surface area contributed by atoms with Gasteiger partial charge in [-0.1, -0.05) is 36.4 Å². The molecule has 1 atom stereocenters. The Morgan fingerprint density at radius 2 is 1.85 bits per heavy atom. The second kappa shape index (κ2) is 4.44. The smallest absolute Gasteiger partial charge is 0.0461 e. The van der Waals surface area contributed by atoms with E-state index in [0.717, 1.165) is 19.3 Å². The highest BCUT2D eigenvalue weighted by Gasteiger charge is 2.32. The van der Waals surface area contributed by atoms with Gasteiger partial charge in [0.2, 0.25) is 0 Å². The zero-order valence-electron chi connectivity index (χ0n) is 11.3. The van der Waals surface area contributed by atoms with Crippen molar-refractivity contribution in [1.82, 2.24) is 0 Å². The summed E-state index contributed by atoms with van der Waals surface area (Å²) in [6, 6.07) is 17.4. The minimum atomic E-state index is -0.206. The molecule has 1 aromatic heterocycles. The number of hydrogen-bond donors (Lipinski definition) is 1. The molecule has 2 N–H and O–H groups in total. The van der Waals surface area contributed by atoms with Gasteiger partial charge in [-0.05, 0) is 52.3 Å². The van der Waals surface area contributed by atoms with Crippen LogP contribution in [0.4, 0.5) is 0 Å². The van der Waals surface area contributed by atoms with Crippen LogP contribution in [-0.2, 0) is 18.4 Å². The van der Waals surface area contributed by atoms with Crippen molar-refractivity contribution in [3.63, 3.8) is 0 Å². The number of thiophene rings is 1. The van der Waals surface area contributed by atoms with Gasteiger partial charge in [-0.15, -0.1) is 11.3 Å². The fourth-order valence-corrected chi connectivity index (χ4v) is 4.28. The molecular formula is C18H17NS. The van der Waals surface area contributed by atoms with E-state index in [4.69, 9.17) is 5.73 Å². The Balaban J connectivity index is 1.78. The highest BCUT2D eigenvalue weighted by Crippen LogP contribution is 2.37. The molecule has 0 saturated heterocycles. The first-order valence-electron chi connectivity index (χ1n) is 7.08. The average molecular weight is 279 g/mol. The van der Waals surface area contributed by atoms with Crippen LogP contribution >= 0.6 is 11.3 Å². The predicted octanol–water partition coefficient (Wildman–Crippen LogP) is 4.24. The van der Waals surface area contributed by atoms with E-state index < -0.39 is 0 Å². The highest BCUT2D eigenvalue weighted by atomic mass is 32.1. The number of aryl methyl sites for hydroxylation is 1. The number of rotatable bonds is 1. The highest BCUT2D eigenvalue weighted by molar-refractivity contribution is 7.10. The summed E-state index contributed by atoms with van der Waals surface area (Å²) in [4.78, 5) is 1.46. The van der Waals surface area contributed by atoms with Gasteiger partial charge in [-0.2, -0.15) is 0 Å².